The Morgan fingerprint density at radius 1 is 0.929 bits per heavy atom. The fourth-order valence-electron chi connectivity index (χ4n) is 1.07. The highest BCUT2D eigenvalue weighted by atomic mass is 15.9. The molecule has 0 bridgehead atoms. The molecule has 0 radical (unpaired) electrons. The predicted molar refractivity (Wildman–Crippen MR) is 58.0 cm³/mol. The van der Waals surface area contributed by atoms with Gasteiger partial charge in [-0.1, -0.05) is 17.7 Å². The van der Waals surface area contributed by atoms with Gasteiger partial charge in [0.1, 0.15) is 0 Å². The van der Waals surface area contributed by atoms with E-state index in [9.17, 15) is 0 Å². The zero-order valence-corrected chi connectivity index (χ0v) is 8.76. The summed E-state index contributed by atoms with van der Waals surface area (Å²) in [7, 11) is 3.61. The van der Waals surface area contributed by atoms with Gasteiger partial charge in [-0.25, -0.2) is 16.0 Å². The molecule has 0 amide bonds. The summed E-state index contributed by atoms with van der Waals surface area (Å²) in [5.74, 6) is 0. The van der Waals surface area contributed by atoms with E-state index in [0.29, 0.717) is 0 Å². The molecule has 0 saturated carbocycles. The lowest BCUT2D eigenvalue weighted by Gasteiger charge is -2.24. The van der Waals surface area contributed by atoms with E-state index in [-0.39, 0.29) is 0 Å². The molecule has 1 aromatic carbocycles. The molecule has 5 nitrogen and oxygen atoms in total. The van der Waals surface area contributed by atoms with Crippen molar-refractivity contribution < 1.29 is 0 Å². The number of anilines is 1. The lowest BCUT2D eigenvalue weighted by atomic mass is 10.2. The second-order valence-corrected chi connectivity index (χ2v) is 2.89. The molecule has 4 N–H and O–H groups in total. The van der Waals surface area contributed by atoms with Crippen molar-refractivity contribution in [1.82, 2.24) is 21.9 Å². The Bertz CT molecular complexity index is 252. The summed E-state index contributed by atoms with van der Waals surface area (Å²) >= 11 is 0. The minimum atomic E-state index is 1.01. The quantitative estimate of drug-likeness (QED) is 0.501. The van der Waals surface area contributed by atoms with Gasteiger partial charge in [-0.05, 0) is 19.1 Å². The van der Waals surface area contributed by atoms with Crippen molar-refractivity contribution >= 4 is 5.69 Å². The molecular weight excluding hydrogens is 178 g/mol. The van der Waals surface area contributed by atoms with Gasteiger partial charge in [0.25, 0.3) is 0 Å². The first kappa shape index (κ1) is 10.9. The monoisotopic (exact) mass is 195 g/mol. The maximum absolute atomic E-state index is 2.93. The molecular formula is C9H17N5. The Kier molecular flexibility index (Phi) is 4.34. The molecule has 0 unspecified atom stereocenters. The molecule has 0 aliphatic rings. The van der Waals surface area contributed by atoms with E-state index in [0.717, 1.165) is 5.69 Å². The first-order valence-corrected chi connectivity index (χ1v) is 4.49. The molecule has 0 aliphatic carbocycles. The van der Waals surface area contributed by atoms with Crippen LogP contribution in [0.15, 0.2) is 24.3 Å². The molecule has 78 valence electrons. The number of benzene rings is 1. The van der Waals surface area contributed by atoms with Crippen LogP contribution in [0.1, 0.15) is 5.56 Å². The number of hydrazine groups is 4. The third kappa shape index (κ3) is 2.97. The number of hydrogen-bond donors (Lipinski definition) is 4. The Morgan fingerprint density at radius 2 is 1.43 bits per heavy atom. The van der Waals surface area contributed by atoms with Gasteiger partial charge in [-0.3, -0.25) is 0 Å². The van der Waals surface area contributed by atoms with Gasteiger partial charge in [-0.2, -0.15) is 11.1 Å². The first-order chi connectivity index (χ1) is 6.77. The topological polar surface area (TPSA) is 51.4 Å². The lowest BCUT2D eigenvalue weighted by molar-refractivity contribution is 0.438. The molecule has 0 aliphatic heterocycles. The van der Waals surface area contributed by atoms with Crippen LogP contribution in [0.4, 0.5) is 5.69 Å². The Labute approximate surface area is 84.4 Å². The van der Waals surface area contributed by atoms with Gasteiger partial charge in [-0.15, -0.1) is 0 Å². The molecule has 1 rings (SSSR count). The van der Waals surface area contributed by atoms with E-state index in [1.54, 1.807) is 19.2 Å². The molecule has 0 fully saturated rings. The normalized spacial score (nSPS) is 10.2. The van der Waals surface area contributed by atoms with Crippen LogP contribution in [-0.4, -0.2) is 14.1 Å². The second kappa shape index (κ2) is 5.56. The van der Waals surface area contributed by atoms with Crippen molar-refractivity contribution in [3.05, 3.63) is 29.8 Å². The average molecular weight is 195 g/mol. The van der Waals surface area contributed by atoms with Gasteiger partial charge < -0.3 is 0 Å². The zero-order valence-electron chi connectivity index (χ0n) is 8.76. The summed E-state index contributed by atoms with van der Waals surface area (Å²) in [5, 5.41) is 1.74. The second-order valence-electron chi connectivity index (χ2n) is 2.89. The van der Waals surface area contributed by atoms with Crippen molar-refractivity contribution in [3.63, 3.8) is 0 Å². The van der Waals surface area contributed by atoms with Gasteiger partial charge >= 0.3 is 0 Å². The SMILES string of the molecule is CNNN(NNC)c1ccc(C)cc1. The van der Waals surface area contributed by atoms with E-state index in [4.69, 9.17) is 0 Å². The largest absolute Gasteiger partial charge is 0.242 e. The fraction of sp³-hybridized carbons (Fsp3) is 0.333. The van der Waals surface area contributed by atoms with Crippen molar-refractivity contribution in [1.29, 1.82) is 0 Å². The van der Waals surface area contributed by atoms with Crippen LogP contribution in [-0.2, 0) is 0 Å². The molecule has 0 heterocycles. The average Bonchev–Trinajstić information content (AvgIpc) is 2.19. The van der Waals surface area contributed by atoms with Gasteiger partial charge in [0.15, 0.2) is 0 Å². The lowest BCUT2D eigenvalue weighted by Crippen LogP contribution is -2.57. The Balaban J connectivity index is 2.71. The van der Waals surface area contributed by atoms with E-state index in [1.165, 1.54) is 5.56 Å². The third-order valence-corrected chi connectivity index (χ3v) is 1.74. The minimum absolute atomic E-state index is 1.01. The summed E-state index contributed by atoms with van der Waals surface area (Å²) in [6, 6.07) is 8.14. The van der Waals surface area contributed by atoms with E-state index in [1.807, 2.05) is 12.1 Å². The molecule has 1 aromatic rings. The van der Waals surface area contributed by atoms with Gasteiger partial charge in [0, 0.05) is 14.1 Å². The van der Waals surface area contributed by atoms with Crippen LogP contribution in [0.5, 0.6) is 0 Å². The Morgan fingerprint density at radius 3 is 1.86 bits per heavy atom. The minimum Gasteiger partial charge on any atom is -0.242 e. The van der Waals surface area contributed by atoms with Crippen LogP contribution in [0, 0.1) is 6.92 Å². The van der Waals surface area contributed by atoms with Crippen LogP contribution in [0.3, 0.4) is 0 Å². The zero-order chi connectivity index (χ0) is 10.4. The molecule has 0 aromatic heterocycles. The van der Waals surface area contributed by atoms with E-state index in [2.05, 4.69) is 41.0 Å². The maximum atomic E-state index is 2.93. The van der Waals surface area contributed by atoms with E-state index >= 15 is 0 Å². The van der Waals surface area contributed by atoms with Crippen molar-refractivity contribution in [2.75, 3.05) is 19.2 Å². The van der Waals surface area contributed by atoms with Crippen molar-refractivity contribution in [2.24, 2.45) is 0 Å². The summed E-state index contributed by atoms with van der Waals surface area (Å²) < 4.78 is 0. The number of rotatable bonds is 5. The number of hydrogen-bond acceptors (Lipinski definition) is 5. The first-order valence-electron chi connectivity index (χ1n) is 4.49. The van der Waals surface area contributed by atoms with Crippen molar-refractivity contribution in [3.8, 4) is 0 Å². The number of aryl methyl sites for hydroxylation is 1. The fourth-order valence-corrected chi connectivity index (χ4v) is 1.07. The Hall–Kier alpha value is -1.14. The van der Waals surface area contributed by atoms with Crippen LogP contribution in [0.25, 0.3) is 0 Å². The summed E-state index contributed by atoms with van der Waals surface area (Å²) in [5.41, 5.74) is 13.8. The van der Waals surface area contributed by atoms with Crippen LogP contribution < -0.4 is 27.0 Å². The predicted octanol–water partition coefficient (Wildman–Crippen LogP) is 0.0794. The summed E-state index contributed by atoms with van der Waals surface area (Å²) in [4.78, 5) is 0. The van der Waals surface area contributed by atoms with Crippen molar-refractivity contribution in [2.45, 2.75) is 6.92 Å². The number of nitrogens with one attached hydrogen (secondary N) is 4. The summed E-state index contributed by atoms with van der Waals surface area (Å²) in [6.45, 7) is 2.06. The highest BCUT2D eigenvalue weighted by Crippen LogP contribution is 2.10. The highest BCUT2D eigenvalue weighted by molar-refractivity contribution is 5.44. The van der Waals surface area contributed by atoms with Gasteiger partial charge in [0.2, 0.25) is 0 Å². The highest BCUT2D eigenvalue weighted by Gasteiger charge is 2.01. The molecule has 0 saturated heterocycles. The molecule has 5 heteroatoms. The smallest absolute Gasteiger partial charge is 0.0730 e. The number of nitrogens with zero attached hydrogens (tertiary/aromatic N) is 1. The molecule has 14 heavy (non-hydrogen) atoms. The van der Waals surface area contributed by atoms with E-state index < -0.39 is 0 Å². The maximum Gasteiger partial charge on any atom is 0.0730 e. The molecule has 0 spiro atoms. The van der Waals surface area contributed by atoms with Gasteiger partial charge in [0.05, 0.1) is 5.69 Å². The van der Waals surface area contributed by atoms with Crippen LogP contribution >= 0.6 is 0 Å². The molecule has 0 atom stereocenters. The van der Waals surface area contributed by atoms with Crippen LogP contribution in [0.2, 0.25) is 0 Å². The summed E-state index contributed by atoms with van der Waals surface area (Å²) in [6.07, 6.45) is 0. The standard InChI is InChI=1S/C9H17N5/c1-8-4-6-9(7-5-8)14(12-10-2)13-11-3/h4-7,10-13H,1-3H3. The third-order valence-electron chi connectivity index (χ3n) is 1.74.